The number of hydrogen-bond donors (Lipinski definition) is 0. The van der Waals surface area contributed by atoms with Gasteiger partial charge in [0, 0.05) is 0 Å². The van der Waals surface area contributed by atoms with Crippen LogP contribution < -0.4 is 4.74 Å². The first-order valence-electron chi connectivity index (χ1n) is 4.95. The predicted octanol–water partition coefficient (Wildman–Crippen LogP) is 3.94. The second kappa shape index (κ2) is 3.33. The van der Waals surface area contributed by atoms with Gasteiger partial charge in [0.05, 0.1) is 0 Å². The van der Waals surface area contributed by atoms with Gasteiger partial charge in [0.15, 0.2) is 0 Å². The van der Waals surface area contributed by atoms with Crippen LogP contribution in [0, 0.1) is 12.7 Å². The van der Waals surface area contributed by atoms with E-state index in [1.807, 2.05) is 0 Å². The zero-order valence-corrected chi connectivity index (χ0v) is 9.33. The second-order valence-electron chi connectivity index (χ2n) is 4.32. The highest BCUT2D eigenvalue weighted by molar-refractivity contribution is 5.45. The Balaban J connectivity index is 2.77. The molecule has 0 saturated carbocycles. The quantitative estimate of drug-likeness (QED) is 0.649. The standard InChI is InChI=1S/C11H8F6O/c1-5-3-6(12)8-7(4-5)18-11(16,17)9(2,13)10(8,14)15/h3-4H,1-2H3. The third-order valence-electron chi connectivity index (χ3n) is 2.89. The minimum Gasteiger partial charge on any atom is -0.429 e. The molecule has 7 heteroatoms. The van der Waals surface area contributed by atoms with Crippen molar-refractivity contribution in [3.05, 3.63) is 29.1 Å². The fraction of sp³-hybridized carbons (Fsp3) is 0.455. The summed E-state index contributed by atoms with van der Waals surface area (Å²) in [7, 11) is 0. The van der Waals surface area contributed by atoms with Gasteiger partial charge in [0.2, 0.25) is 0 Å². The maximum atomic E-state index is 13.7. The molecule has 100 valence electrons. The van der Waals surface area contributed by atoms with Crippen molar-refractivity contribution in [1.82, 2.24) is 0 Å². The minimum atomic E-state index is -4.75. The summed E-state index contributed by atoms with van der Waals surface area (Å²) in [5.74, 6) is -7.21. The van der Waals surface area contributed by atoms with Crippen LogP contribution in [0.5, 0.6) is 5.75 Å². The van der Waals surface area contributed by atoms with Gasteiger partial charge in [-0.1, -0.05) is 0 Å². The molecule has 0 bridgehead atoms. The molecule has 0 N–H and O–H groups in total. The van der Waals surface area contributed by atoms with Crippen LogP contribution in [0.1, 0.15) is 18.1 Å². The van der Waals surface area contributed by atoms with E-state index < -0.39 is 34.8 Å². The summed E-state index contributed by atoms with van der Waals surface area (Å²) in [5.41, 5.74) is -5.70. The van der Waals surface area contributed by atoms with Crippen LogP contribution in [-0.4, -0.2) is 11.8 Å². The maximum absolute atomic E-state index is 13.7. The van der Waals surface area contributed by atoms with Crippen LogP contribution in [0.2, 0.25) is 0 Å². The number of aryl methyl sites for hydroxylation is 1. The molecule has 0 amide bonds. The summed E-state index contributed by atoms with van der Waals surface area (Å²) in [4.78, 5) is 0. The molecule has 0 aliphatic carbocycles. The first-order valence-corrected chi connectivity index (χ1v) is 4.95. The number of rotatable bonds is 0. The third kappa shape index (κ3) is 1.42. The van der Waals surface area contributed by atoms with Crippen molar-refractivity contribution in [3.8, 4) is 5.75 Å². The SMILES string of the molecule is Cc1cc(F)c2c(c1)OC(F)(F)C(C)(F)C2(F)F. The van der Waals surface area contributed by atoms with Gasteiger partial charge in [0.25, 0.3) is 5.67 Å². The van der Waals surface area contributed by atoms with Gasteiger partial charge in [0.1, 0.15) is 17.1 Å². The monoisotopic (exact) mass is 270 g/mol. The summed E-state index contributed by atoms with van der Waals surface area (Å²) in [6.45, 7) is 1.29. The Kier molecular flexibility index (Phi) is 2.41. The normalized spacial score (nSPS) is 28.4. The van der Waals surface area contributed by atoms with Crippen molar-refractivity contribution in [3.63, 3.8) is 0 Å². The molecule has 1 aromatic carbocycles. The largest absolute Gasteiger partial charge is 0.439 e. The summed E-state index contributed by atoms with van der Waals surface area (Å²) >= 11 is 0. The van der Waals surface area contributed by atoms with Gasteiger partial charge < -0.3 is 4.74 Å². The molecule has 1 heterocycles. The van der Waals surface area contributed by atoms with E-state index in [-0.39, 0.29) is 12.5 Å². The van der Waals surface area contributed by atoms with E-state index in [0.29, 0.717) is 6.07 Å². The number of alkyl halides is 5. The highest BCUT2D eigenvalue weighted by Gasteiger charge is 2.73. The van der Waals surface area contributed by atoms with E-state index in [9.17, 15) is 26.3 Å². The highest BCUT2D eigenvalue weighted by atomic mass is 19.3. The molecule has 1 aliphatic rings. The fourth-order valence-corrected chi connectivity index (χ4v) is 1.75. The topological polar surface area (TPSA) is 9.23 Å². The Bertz CT molecular complexity index is 509. The lowest BCUT2D eigenvalue weighted by molar-refractivity contribution is -0.336. The van der Waals surface area contributed by atoms with Crippen LogP contribution in [0.15, 0.2) is 12.1 Å². The third-order valence-corrected chi connectivity index (χ3v) is 2.89. The number of hydrogen-bond acceptors (Lipinski definition) is 1. The van der Waals surface area contributed by atoms with Gasteiger partial charge in [-0.3, -0.25) is 0 Å². The molecule has 2 rings (SSSR count). The van der Waals surface area contributed by atoms with Crippen molar-refractivity contribution in [2.24, 2.45) is 0 Å². The van der Waals surface area contributed by atoms with Crippen LogP contribution in [0.25, 0.3) is 0 Å². The van der Waals surface area contributed by atoms with Crippen molar-refractivity contribution < 1.29 is 31.1 Å². The maximum Gasteiger partial charge on any atom is 0.439 e. The van der Waals surface area contributed by atoms with Crippen LogP contribution >= 0.6 is 0 Å². The van der Waals surface area contributed by atoms with Crippen LogP contribution in [0.3, 0.4) is 0 Å². The molecule has 18 heavy (non-hydrogen) atoms. The molecular weight excluding hydrogens is 262 g/mol. The summed E-state index contributed by atoms with van der Waals surface area (Å²) < 4.78 is 84.8. The molecular formula is C11H8F6O. The van der Waals surface area contributed by atoms with Crippen molar-refractivity contribution in [2.45, 2.75) is 31.5 Å². The Morgan fingerprint density at radius 2 is 1.61 bits per heavy atom. The first kappa shape index (κ1) is 13.0. The smallest absolute Gasteiger partial charge is 0.429 e. The van der Waals surface area contributed by atoms with E-state index >= 15 is 0 Å². The Morgan fingerprint density at radius 1 is 1.06 bits per heavy atom. The summed E-state index contributed by atoms with van der Waals surface area (Å²) in [6.07, 6.45) is -4.75. The first-order chi connectivity index (χ1) is 8.00. The van der Waals surface area contributed by atoms with E-state index in [1.165, 1.54) is 6.92 Å². The van der Waals surface area contributed by atoms with Gasteiger partial charge in [-0.05, 0) is 31.5 Å². The molecule has 1 nitrogen and oxygen atoms in total. The minimum absolute atomic E-state index is 0.0186. The zero-order valence-electron chi connectivity index (χ0n) is 9.33. The van der Waals surface area contributed by atoms with E-state index in [1.54, 1.807) is 0 Å². The molecule has 1 aliphatic heterocycles. The molecule has 0 fully saturated rings. The van der Waals surface area contributed by atoms with Gasteiger partial charge in [-0.25, -0.2) is 8.78 Å². The fourth-order valence-electron chi connectivity index (χ4n) is 1.75. The van der Waals surface area contributed by atoms with E-state index in [2.05, 4.69) is 4.74 Å². The molecule has 0 radical (unpaired) electrons. The van der Waals surface area contributed by atoms with Crippen LogP contribution in [-0.2, 0) is 5.92 Å². The molecule has 1 unspecified atom stereocenters. The molecule has 0 aromatic heterocycles. The molecule has 1 atom stereocenters. The van der Waals surface area contributed by atoms with Gasteiger partial charge in [-0.2, -0.15) is 17.6 Å². The average Bonchev–Trinajstić information content (AvgIpc) is 2.12. The van der Waals surface area contributed by atoms with Gasteiger partial charge >= 0.3 is 12.0 Å². The van der Waals surface area contributed by atoms with E-state index in [4.69, 9.17) is 0 Å². The van der Waals surface area contributed by atoms with Gasteiger partial charge in [-0.15, -0.1) is 0 Å². The second-order valence-corrected chi connectivity index (χ2v) is 4.32. The lowest BCUT2D eigenvalue weighted by Gasteiger charge is -2.41. The Labute approximate surface area is 98.4 Å². The van der Waals surface area contributed by atoms with Crippen molar-refractivity contribution in [2.75, 3.05) is 0 Å². The zero-order chi connectivity index (χ0) is 13.9. The number of fused-ring (bicyclic) bond motifs is 1. The lowest BCUT2D eigenvalue weighted by Crippen LogP contribution is -2.59. The summed E-state index contributed by atoms with van der Waals surface area (Å²) in [5, 5.41) is 0. The number of halogens is 6. The Hall–Kier alpha value is -1.40. The van der Waals surface area contributed by atoms with Crippen LogP contribution in [0.4, 0.5) is 26.3 Å². The Morgan fingerprint density at radius 3 is 2.17 bits per heavy atom. The number of benzene rings is 1. The highest BCUT2D eigenvalue weighted by Crippen LogP contribution is 2.57. The number of ether oxygens (including phenoxy) is 1. The predicted molar refractivity (Wildman–Crippen MR) is 50.1 cm³/mol. The lowest BCUT2D eigenvalue weighted by atomic mass is 9.88. The average molecular weight is 270 g/mol. The molecule has 0 spiro atoms. The van der Waals surface area contributed by atoms with Crippen molar-refractivity contribution >= 4 is 0 Å². The molecule has 1 aromatic rings. The van der Waals surface area contributed by atoms with Crippen molar-refractivity contribution in [1.29, 1.82) is 0 Å². The molecule has 0 saturated heterocycles. The van der Waals surface area contributed by atoms with E-state index in [0.717, 1.165) is 6.07 Å². The summed E-state index contributed by atoms with van der Waals surface area (Å²) in [6, 6.07) is 1.52.